The molecule has 0 fully saturated rings. The highest BCUT2D eigenvalue weighted by Crippen LogP contribution is 2.27. The maximum atomic E-state index is 12.1. The third-order valence-electron chi connectivity index (χ3n) is 3.58. The lowest BCUT2D eigenvalue weighted by atomic mass is 10.1. The number of ether oxygens (including phenoxy) is 1. The highest BCUT2D eigenvalue weighted by Gasteiger charge is 2.20. The summed E-state index contributed by atoms with van der Waals surface area (Å²) in [5.41, 5.74) is 2.04. The number of hydrogen-bond acceptors (Lipinski definition) is 4. The SMILES string of the molecule is Cn1nc2c(c1NC(=O)COc1ccc(Cl)cc1Cl)CNCC2. The Hall–Kier alpha value is -1.76. The Balaban J connectivity index is 1.65. The van der Waals surface area contributed by atoms with Crippen molar-refractivity contribution in [2.24, 2.45) is 7.05 Å². The fourth-order valence-electron chi connectivity index (χ4n) is 2.49. The number of nitrogens with one attached hydrogen (secondary N) is 2. The van der Waals surface area contributed by atoms with Gasteiger partial charge in [-0.2, -0.15) is 5.10 Å². The van der Waals surface area contributed by atoms with Crippen molar-refractivity contribution in [3.63, 3.8) is 0 Å². The number of hydrogen-bond donors (Lipinski definition) is 2. The molecule has 122 valence electrons. The van der Waals surface area contributed by atoms with Crippen LogP contribution >= 0.6 is 23.2 Å². The van der Waals surface area contributed by atoms with Crippen molar-refractivity contribution < 1.29 is 9.53 Å². The summed E-state index contributed by atoms with van der Waals surface area (Å²) in [4.78, 5) is 12.1. The van der Waals surface area contributed by atoms with Crippen LogP contribution in [-0.2, 0) is 24.8 Å². The van der Waals surface area contributed by atoms with Gasteiger partial charge in [-0.15, -0.1) is 0 Å². The molecule has 0 saturated heterocycles. The van der Waals surface area contributed by atoms with Gasteiger partial charge in [0.15, 0.2) is 6.61 Å². The summed E-state index contributed by atoms with van der Waals surface area (Å²) in [7, 11) is 1.81. The van der Waals surface area contributed by atoms with Gasteiger partial charge in [-0.05, 0) is 18.2 Å². The van der Waals surface area contributed by atoms with Gasteiger partial charge < -0.3 is 15.4 Å². The van der Waals surface area contributed by atoms with Crippen molar-refractivity contribution in [1.82, 2.24) is 15.1 Å². The van der Waals surface area contributed by atoms with Gasteiger partial charge in [-0.1, -0.05) is 23.2 Å². The first-order valence-electron chi connectivity index (χ1n) is 7.18. The molecule has 0 radical (unpaired) electrons. The van der Waals surface area contributed by atoms with E-state index < -0.39 is 0 Å². The summed E-state index contributed by atoms with van der Waals surface area (Å²) in [5, 5.41) is 11.4. The second-order valence-electron chi connectivity index (χ2n) is 5.24. The van der Waals surface area contributed by atoms with E-state index in [0.717, 1.165) is 24.2 Å². The molecule has 2 heterocycles. The van der Waals surface area contributed by atoms with Gasteiger partial charge in [-0.3, -0.25) is 9.48 Å². The molecule has 2 aromatic rings. The fourth-order valence-corrected chi connectivity index (χ4v) is 2.95. The minimum atomic E-state index is -0.271. The van der Waals surface area contributed by atoms with Gasteiger partial charge >= 0.3 is 0 Å². The monoisotopic (exact) mass is 354 g/mol. The van der Waals surface area contributed by atoms with Crippen LogP contribution in [0.2, 0.25) is 10.0 Å². The number of carbonyl (C=O) groups excluding carboxylic acids is 1. The number of benzene rings is 1. The molecule has 1 aliphatic heterocycles. The van der Waals surface area contributed by atoms with Crippen molar-refractivity contribution in [2.75, 3.05) is 18.5 Å². The van der Waals surface area contributed by atoms with Crippen LogP contribution in [-0.4, -0.2) is 28.8 Å². The first kappa shape index (κ1) is 16.1. The molecule has 1 aromatic carbocycles. The number of nitrogens with zero attached hydrogens (tertiary/aromatic N) is 2. The predicted molar refractivity (Wildman–Crippen MR) is 89.2 cm³/mol. The van der Waals surface area contributed by atoms with Gasteiger partial charge in [0.2, 0.25) is 0 Å². The van der Waals surface area contributed by atoms with E-state index in [0.29, 0.717) is 28.2 Å². The van der Waals surface area contributed by atoms with Gasteiger partial charge in [-0.25, -0.2) is 0 Å². The maximum Gasteiger partial charge on any atom is 0.263 e. The number of aryl methyl sites for hydroxylation is 1. The summed E-state index contributed by atoms with van der Waals surface area (Å²) >= 11 is 11.8. The van der Waals surface area contributed by atoms with Crippen LogP contribution in [0.1, 0.15) is 11.3 Å². The Bertz CT molecular complexity index is 745. The summed E-state index contributed by atoms with van der Waals surface area (Å²) in [6.07, 6.45) is 0.857. The number of rotatable bonds is 4. The molecule has 0 saturated carbocycles. The molecular formula is C15H16Cl2N4O2. The molecule has 1 amide bonds. The van der Waals surface area contributed by atoms with Crippen LogP contribution in [0, 0.1) is 0 Å². The molecule has 8 heteroatoms. The standard InChI is InChI=1S/C15H16Cl2N4O2/c1-21-15(10-7-18-5-4-12(10)20-21)19-14(22)8-23-13-3-2-9(16)6-11(13)17/h2-3,6,18H,4-5,7-8H2,1H3,(H,19,22). The molecule has 0 spiro atoms. The first-order valence-corrected chi connectivity index (χ1v) is 7.93. The van der Waals surface area contributed by atoms with Crippen molar-refractivity contribution in [2.45, 2.75) is 13.0 Å². The second-order valence-corrected chi connectivity index (χ2v) is 6.08. The lowest BCUT2D eigenvalue weighted by Gasteiger charge is -2.14. The van der Waals surface area contributed by atoms with Gasteiger partial charge in [0.1, 0.15) is 11.6 Å². The Morgan fingerprint density at radius 1 is 1.48 bits per heavy atom. The Kier molecular flexibility index (Phi) is 4.75. The summed E-state index contributed by atoms with van der Waals surface area (Å²) in [5.74, 6) is 0.843. The van der Waals surface area contributed by atoms with Crippen LogP contribution in [0.5, 0.6) is 5.75 Å². The molecule has 2 N–H and O–H groups in total. The predicted octanol–water partition coefficient (Wildman–Crippen LogP) is 2.39. The van der Waals surface area contributed by atoms with Gasteiger partial charge in [0, 0.05) is 37.1 Å². The minimum absolute atomic E-state index is 0.144. The molecule has 3 rings (SSSR count). The smallest absolute Gasteiger partial charge is 0.263 e. The van der Waals surface area contributed by atoms with E-state index in [1.54, 1.807) is 22.9 Å². The zero-order valence-electron chi connectivity index (χ0n) is 12.5. The normalized spacial score (nSPS) is 13.5. The number of fused-ring (bicyclic) bond motifs is 1. The van der Waals surface area contributed by atoms with E-state index in [2.05, 4.69) is 15.7 Å². The van der Waals surface area contributed by atoms with Crippen LogP contribution < -0.4 is 15.4 Å². The topological polar surface area (TPSA) is 68.2 Å². The fraction of sp³-hybridized carbons (Fsp3) is 0.333. The number of aromatic nitrogens is 2. The Morgan fingerprint density at radius 2 is 2.30 bits per heavy atom. The van der Waals surface area contributed by atoms with Crippen LogP contribution in [0.3, 0.4) is 0 Å². The van der Waals surface area contributed by atoms with Crippen molar-refractivity contribution in [1.29, 1.82) is 0 Å². The average molecular weight is 355 g/mol. The first-order chi connectivity index (χ1) is 11.0. The largest absolute Gasteiger partial charge is 0.482 e. The lowest BCUT2D eigenvalue weighted by Crippen LogP contribution is -2.26. The molecular weight excluding hydrogens is 339 g/mol. The Morgan fingerprint density at radius 3 is 3.09 bits per heavy atom. The minimum Gasteiger partial charge on any atom is -0.482 e. The summed E-state index contributed by atoms with van der Waals surface area (Å²) < 4.78 is 7.12. The number of halogens is 2. The van der Waals surface area contributed by atoms with Crippen LogP contribution in [0.15, 0.2) is 18.2 Å². The number of carbonyl (C=O) groups is 1. The molecule has 1 aromatic heterocycles. The third kappa shape index (κ3) is 3.60. The van der Waals surface area contributed by atoms with E-state index >= 15 is 0 Å². The Labute approximate surface area is 143 Å². The zero-order chi connectivity index (χ0) is 16.4. The average Bonchev–Trinajstić information content (AvgIpc) is 2.82. The van der Waals surface area contributed by atoms with Crippen molar-refractivity contribution in [3.8, 4) is 5.75 Å². The van der Waals surface area contributed by atoms with Crippen LogP contribution in [0.4, 0.5) is 5.82 Å². The lowest BCUT2D eigenvalue weighted by molar-refractivity contribution is -0.118. The zero-order valence-corrected chi connectivity index (χ0v) is 14.0. The second kappa shape index (κ2) is 6.78. The van der Waals surface area contributed by atoms with E-state index in [4.69, 9.17) is 27.9 Å². The molecule has 6 nitrogen and oxygen atoms in total. The molecule has 0 aliphatic carbocycles. The van der Waals surface area contributed by atoms with Gasteiger partial charge in [0.05, 0.1) is 10.7 Å². The molecule has 0 atom stereocenters. The quantitative estimate of drug-likeness (QED) is 0.884. The van der Waals surface area contributed by atoms with E-state index in [9.17, 15) is 4.79 Å². The summed E-state index contributed by atoms with van der Waals surface area (Å²) in [6.45, 7) is 1.45. The highest BCUT2D eigenvalue weighted by molar-refractivity contribution is 6.35. The third-order valence-corrected chi connectivity index (χ3v) is 4.11. The summed E-state index contributed by atoms with van der Waals surface area (Å²) in [6, 6.07) is 4.86. The van der Waals surface area contributed by atoms with E-state index in [-0.39, 0.29) is 12.5 Å². The van der Waals surface area contributed by atoms with E-state index in [1.807, 2.05) is 7.05 Å². The van der Waals surface area contributed by atoms with Crippen molar-refractivity contribution in [3.05, 3.63) is 39.5 Å². The van der Waals surface area contributed by atoms with Gasteiger partial charge in [0.25, 0.3) is 5.91 Å². The molecule has 23 heavy (non-hydrogen) atoms. The number of anilines is 1. The van der Waals surface area contributed by atoms with Crippen molar-refractivity contribution >= 4 is 34.9 Å². The molecule has 0 bridgehead atoms. The molecule has 1 aliphatic rings. The molecule has 0 unspecified atom stereocenters. The highest BCUT2D eigenvalue weighted by atomic mass is 35.5. The maximum absolute atomic E-state index is 12.1. The van der Waals surface area contributed by atoms with Crippen LogP contribution in [0.25, 0.3) is 0 Å². The van der Waals surface area contributed by atoms with E-state index in [1.165, 1.54) is 0 Å². The number of amides is 1.